The number of aromatic nitrogens is 5. The predicted molar refractivity (Wildman–Crippen MR) is 363 cm³/mol. The zero-order valence-corrected chi connectivity index (χ0v) is 53.8. The topological polar surface area (TPSA) is 298 Å². The number of fused-ring (bicyclic) bond motifs is 3. The van der Waals surface area contributed by atoms with Crippen molar-refractivity contribution >= 4 is 110 Å². The summed E-state index contributed by atoms with van der Waals surface area (Å²) < 4.78 is 21.7. The number of hydrazine groups is 1. The number of anilines is 6. The van der Waals surface area contributed by atoms with E-state index in [1.807, 2.05) is 126 Å². The third-order valence-electron chi connectivity index (χ3n) is 14.7. The molecule has 12 rings (SSSR count). The van der Waals surface area contributed by atoms with Gasteiger partial charge in [0.25, 0.3) is 29.1 Å². The van der Waals surface area contributed by atoms with Gasteiger partial charge in [-0.15, -0.1) is 16.9 Å². The number of azo groups is 1. The molecule has 2 aliphatic rings. The van der Waals surface area contributed by atoms with E-state index in [0.29, 0.717) is 61.9 Å². The smallest absolute Gasteiger partial charge is 0.352 e. The summed E-state index contributed by atoms with van der Waals surface area (Å²) in [4.78, 5) is 81.2. The van der Waals surface area contributed by atoms with Gasteiger partial charge in [-0.1, -0.05) is 101 Å². The summed E-state index contributed by atoms with van der Waals surface area (Å²) in [6, 6.07) is 44.1. The number of thioether (sulfide) groups is 2. The van der Waals surface area contributed by atoms with Gasteiger partial charge < -0.3 is 36.7 Å². The Kier molecular flexibility index (Phi) is 20.5. The van der Waals surface area contributed by atoms with Crippen molar-refractivity contribution < 1.29 is 42.1 Å². The number of halogens is 1. The molecule has 0 saturated heterocycles. The zero-order chi connectivity index (χ0) is 66.7. The van der Waals surface area contributed by atoms with Crippen LogP contribution >= 0.6 is 23.5 Å². The summed E-state index contributed by atoms with van der Waals surface area (Å²) in [5.74, 6) is -1.29. The normalized spacial score (nSPS) is 13.3. The van der Waals surface area contributed by atoms with Gasteiger partial charge in [0.2, 0.25) is 11.8 Å². The molecule has 0 radical (unpaired) electrons. The number of nitrogens with one attached hydrogen (secondary N) is 7. The van der Waals surface area contributed by atoms with Gasteiger partial charge in [0, 0.05) is 55.6 Å². The first-order chi connectivity index (χ1) is 45.1. The number of furan rings is 1. The monoisotopic (exact) mass is 1300 g/mol. The number of carbonyl (C=O) groups excluding carboxylic acids is 6. The lowest BCUT2D eigenvalue weighted by atomic mass is 10.1. The number of nitrogens with two attached hydrogens (primary N) is 1. The highest BCUT2D eigenvalue weighted by Crippen LogP contribution is 2.39. The number of amides is 6. The zero-order valence-electron chi connectivity index (χ0n) is 52.1. The van der Waals surface area contributed by atoms with Crippen LogP contribution < -0.4 is 47.7 Å². The number of aryl methyl sites for hydroxylation is 6. The molecule has 6 aromatic carbocycles. The molecule has 4 aromatic heterocycles. The van der Waals surface area contributed by atoms with Gasteiger partial charge in [-0.3, -0.25) is 39.6 Å². The lowest BCUT2D eigenvalue weighted by Crippen LogP contribution is -2.41. The van der Waals surface area contributed by atoms with Crippen LogP contribution in [0.4, 0.5) is 44.5 Å². The maximum absolute atomic E-state index is 13.4. The Balaban J connectivity index is 0.000000154. The molecule has 0 saturated carbocycles. The van der Waals surface area contributed by atoms with Gasteiger partial charge in [-0.25, -0.2) is 14.1 Å². The Bertz CT molecular complexity index is 4630. The van der Waals surface area contributed by atoms with Crippen LogP contribution in [0, 0.1) is 47.4 Å². The van der Waals surface area contributed by atoms with E-state index in [-0.39, 0.29) is 46.8 Å². The number of benzene rings is 6. The van der Waals surface area contributed by atoms with Crippen molar-refractivity contribution in [2.45, 2.75) is 70.7 Å². The lowest BCUT2D eigenvalue weighted by Gasteiger charge is -2.25. The fraction of sp³-hybridized carbons (Fsp3) is 0.159. The highest BCUT2D eigenvalue weighted by Gasteiger charge is 2.31. The molecule has 476 valence electrons. The average molecular weight is 1300 g/mol. The fourth-order valence-electron chi connectivity index (χ4n) is 9.83. The summed E-state index contributed by atoms with van der Waals surface area (Å²) in [5, 5.41) is 31.3. The maximum atomic E-state index is 13.4. The summed E-state index contributed by atoms with van der Waals surface area (Å²) in [5.41, 5.74) is 23.3. The number of rotatable bonds is 14. The molecule has 2 aliphatic heterocycles. The summed E-state index contributed by atoms with van der Waals surface area (Å²) in [6.45, 7) is 17.7. The van der Waals surface area contributed by atoms with E-state index in [1.165, 1.54) is 34.6 Å². The van der Waals surface area contributed by atoms with Crippen LogP contribution in [-0.4, -0.2) is 66.4 Å². The van der Waals surface area contributed by atoms with Crippen molar-refractivity contribution in [2.24, 2.45) is 10.2 Å². The standard InChI is InChI=1S/C25H20N4O3S.C23H20FN5O2S.C21H24N6O2/c1-14-15(2)33-23-10-9-16(12-21(23)26-14)24(30)28-29-25(31)18-13-20(22-8-5-11-32-22)27-19-7-4-3-6-17(18)19;1-14-6-8-19(15(2)10-14)26-21(30)13-32-23-28-27-20-9-7-16(12-29(20)23)22(31)25-18-5-3-4-17(24)11-18;1-12-5-7-16(14(3)9-12)23-18(28)11-27-20(22)19(25-26-27)21(29)24-17-8-6-13(2)10-15(17)4/h3-13,15,26H,1H2,2H3,(H,28,30)(H,29,31);3-12,23H,13H2,1-2H3,(H-,25,26,30,31);5-10H,11,22H2,1-4H3,(H,23,28)(H,24,29)/p+1/t15-;;/m1../s1. The Morgan fingerprint density at radius 1 is 0.691 bits per heavy atom. The van der Waals surface area contributed by atoms with Gasteiger partial charge in [-0.2, -0.15) is 4.57 Å². The van der Waals surface area contributed by atoms with Crippen LogP contribution in [0.1, 0.15) is 87.4 Å². The lowest BCUT2D eigenvalue weighted by molar-refractivity contribution is -0.678. The minimum atomic E-state index is -0.476. The molecular formula is C69H65FN15O7S2+. The third kappa shape index (κ3) is 16.2. The first-order valence-electron chi connectivity index (χ1n) is 29.4. The minimum absolute atomic E-state index is 0.0238. The second-order valence-electron chi connectivity index (χ2n) is 22.1. The molecule has 0 fully saturated rings. The largest absolute Gasteiger partial charge is 0.463 e. The third-order valence-corrected chi connectivity index (χ3v) is 17.0. The maximum Gasteiger partial charge on any atom is 0.352 e. The molecule has 0 spiro atoms. The molecule has 10 aromatic rings. The van der Waals surface area contributed by atoms with E-state index in [0.717, 1.165) is 55.3 Å². The molecule has 22 nitrogen and oxygen atoms in total. The van der Waals surface area contributed by atoms with Gasteiger partial charge in [0.1, 0.15) is 24.3 Å². The average Bonchev–Trinajstić information content (AvgIpc) is 1.20. The van der Waals surface area contributed by atoms with Crippen LogP contribution in [0.15, 0.2) is 196 Å². The van der Waals surface area contributed by atoms with E-state index in [2.05, 4.69) is 76.5 Å². The van der Waals surface area contributed by atoms with Crippen LogP contribution in [0.3, 0.4) is 0 Å². The summed E-state index contributed by atoms with van der Waals surface area (Å²) in [7, 11) is 0. The van der Waals surface area contributed by atoms with Crippen molar-refractivity contribution in [3.63, 3.8) is 0 Å². The van der Waals surface area contributed by atoms with Crippen molar-refractivity contribution in [1.82, 2.24) is 30.8 Å². The highest BCUT2D eigenvalue weighted by atomic mass is 32.2. The number of carbonyl (C=O) groups is 6. The van der Waals surface area contributed by atoms with Gasteiger partial charge >= 0.3 is 5.82 Å². The molecule has 1 unspecified atom stereocenters. The molecule has 94 heavy (non-hydrogen) atoms. The minimum Gasteiger partial charge on any atom is -0.463 e. The number of nitrogen functional groups attached to an aromatic ring is 1. The molecular weight excluding hydrogens is 1230 g/mol. The summed E-state index contributed by atoms with van der Waals surface area (Å²) in [6.07, 6.45) is 3.18. The molecule has 2 atom stereocenters. The predicted octanol–water partition coefficient (Wildman–Crippen LogP) is 12.9. The van der Waals surface area contributed by atoms with Gasteiger partial charge in [0.05, 0.1) is 39.5 Å². The molecule has 0 bridgehead atoms. The van der Waals surface area contributed by atoms with Crippen LogP contribution in [0.5, 0.6) is 0 Å². The van der Waals surface area contributed by atoms with E-state index >= 15 is 0 Å². The summed E-state index contributed by atoms with van der Waals surface area (Å²) >= 11 is 2.98. The molecule has 9 N–H and O–H groups in total. The number of hydrogen-bond acceptors (Lipinski definition) is 16. The van der Waals surface area contributed by atoms with E-state index in [9.17, 15) is 33.2 Å². The van der Waals surface area contributed by atoms with Crippen LogP contribution in [-0.2, 0) is 16.1 Å². The Labute approximate surface area is 548 Å². The van der Waals surface area contributed by atoms with Gasteiger partial charge in [-0.05, 0) is 155 Å². The van der Waals surface area contributed by atoms with E-state index in [1.54, 1.807) is 77.3 Å². The molecule has 6 amide bonds. The Morgan fingerprint density at radius 3 is 2.02 bits per heavy atom. The number of pyridine rings is 2. The van der Waals surface area contributed by atoms with Crippen LogP contribution in [0.25, 0.3) is 22.4 Å². The van der Waals surface area contributed by atoms with Gasteiger partial charge in [0.15, 0.2) is 17.3 Å². The van der Waals surface area contributed by atoms with Crippen molar-refractivity contribution in [1.29, 1.82) is 0 Å². The fourth-order valence-corrected chi connectivity index (χ4v) is 11.6. The second-order valence-corrected chi connectivity index (χ2v) is 24.5. The number of para-hydroxylation sites is 1. The van der Waals surface area contributed by atoms with Crippen molar-refractivity contribution in [3.8, 4) is 11.5 Å². The number of nitrogens with zero attached hydrogens (tertiary/aromatic N) is 7. The van der Waals surface area contributed by atoms with Crippen molar-refractivity contribution in [3.05, 3.63) is 238 Å². The first-order valence-corrected chi connectivity index (χ1v) is 31.3. The SMILES string of the molecule is C=C1Nc2cc(C(=O)NNC(=O)c3cc(-c4ccco4)nc4ccccc34)ccc2S[C@@H]1C.Cc1ccc(NC(=O)CSC2N=Nc3ccc(C(=O)Nc4cccc(F)c4)c[n+]32)c(C)c1.Cc1ccc(NC(=O)Cn2nnc(C(=O)Nc3ccc(C)cc3C)c2N)c(C)c1. The first kappa shape index (κ1) is 65.6. The second kappa shape index (κ2) is 29.3. The molecule has 25 heteroatoms. The van der Waals surface area contributed by atoms with E-state index < -0.39 is 29.0 Å². The van der Waals surface area contributed by atoms with E-state index in [4.69, 9.17) is 10.2 Å². The quantitative estimate of drug-likeness (QED) is 0.0371. The molecule has 6 heterocycles. The Morgan fingerprint density at radius 2 is 1.35 bits per heavy atom. The van der Waals surface area contributed by atoms with Crippen LogP contribution in [0.2, 0.25) is 0 Å². The Hall–Kier alpha value is -11.3. The number of hydrogen-bond donors (Lipinski definition) is 8. The highest BCUT2D eigenvalue weighted by molar-refractivity contribution is 8.00. The molecule has 0 aliphatic carbocycles. The van der Waals surface area contributed by atoms with Crippen molar-refractivity contribution in [2.75, 3.05) is 38.1 Å².